The smallest absolute Gasteiger partial charge is 0.253 e. The van der Waals surface area contributed by atoms with Crippen molar-refractivity contribution in [2.45, 2.75) is 25.9 Å². The molecule has 1 fully saturated rings. The number of nitrogens with one attached hydrogen (secondary N) is 1. The van der Waals surface area contributed by atoms with E-state index >= 15 is 0 Å². The number of aryl methyl sites for hydroxylation is 1. The zero-order chi connectivity index (χ0) is 15.5. The topological polar surface area (TPSA) is 86.5 Å². The van der Waals surface area contributed by atoms with E-state index in [1.807, 2.05) is 0 Å². The number of ether oxygens (including phenoxy) is 2. The quantitative estimate of drug-likeness (QED) is 0.931. The van der Waals surface area contributed by atoms with Gasteiger partial charge >= 0.3 is 0 Å². The third kappa shape index (κ3) is 2.94. The van der Waals surface area contributed by atoms with Crippen molar-refractivity contribution in [1.82, 2.24) is 10.2 Å². The first-order valence-corrected chi connectivity index (χ1v) is 7.08. The van der Waals surface area contributed by atoms with Gasteiger partial charge in [0, 0.05) is 19.1 Å². The summed E-state index contributed by atoms with van der Waals surface area (Å²) in [7, 11) is 1.55. The van der Waals surface area contributed by atoms with Gasteiger partial charge in [0.2, 0.25) is 11.8 Å². The van der Waals surface area contributed by atoms with E-state index in [2.05, 4.69) is 15.5 Å². The summed E-state index contributed by atoms with van der Waals surface area (Å²) in [6, 6.07) is 5.30. The molecule has 0 aliphatic carbocycles. The maximum Gasteiger partial charge on any atom is 0.253 e. The summed E-state index contributed by atoms with van der Waals surface area (Å²) >= 11 is 0. The molecule has 1 aromatic carbocycles. The summed E-state index contributed by atoms with van der Waals surface area (Å²) in [6.45, 7) is 2.34. The molecule has 1 unspecified atom stereocenters. The third-order valence-corrected chi connectivity index (χ3v) is 3.45. The van der Waals surface area contributed by atoms with E-state index in [0.717, 1.165) is 12.8 Å². The summed E-state index contributed by atoms with van der Waals surface area (Å²) in [5.74, 6) is 1.27. The van der Waals surface area contributed by atoms with E-state index < -0.39 is 6.10 Å². The molecule has 1 saturated heterocycles. The Morgan fingerprint density at radius 3 is 2.91 bits per heavy atom. The highest BCUT2D eigenvalue weighted by Gasteiger charge is 2.24. The molecule has 0 spiro atoms. The van der Waals surface area contributed by atoms with Crippen LogP contribution in [0.4, 0.5) is 5.69 Å². The molecule has 1 amide bonds. The number of nitrogens with zero attached hydrogens (tertiary/aromatic N) is 2. The van der Waals surface area contributed by atoms with Crippen LogP contribution in [0.5, 0.6) is 5.75 Å². The fourth-order valence-electron chi connectivity index (χ4n) is 2.35. The van der Waals surface area contributed by atoms with Gasteiger partial charge in [-0.15, -0.1) is 10.2 Å². The molecule has 22 heavy (non-hydrogen) atoms. The number of hydrogen-bond acceptors (Lipinski definition) is 6. The number of hydrogen-bond donors (Lipinski definition) is 1. The van der Waals surface area contributed by atoms with Gasteiger partial charge in [0.25, 0.3) is 5.91 Å². The largest absolute Gasteiger partial charge is 0.495 e. The van der Waals surface area contributed by atoms with Crippen molar-refractivity contribution in [2.24, 2.45) is 0 Å². The Balaban J connectivity index is 1.86. The number of benzene rings is 1. The maximum atomic E-state index is 12.2. The van der Waals surface area contributed by atoms with E-state index in [-0.39, 0.29) is 5.91 Å². The summed E-state index contributed by atoms with van der Waals surface area (Å²) in [4.78, 5) is 12.2. The summed E-state index contributed by atoms with van der Waals surface area (Å²) in [5, 5.41) is 10.6. The van der Waals surface area contributed by atoms with Gasteiger partial charge in [0.15, 0.2) is 0 Å². The highest BCUT2D eigenvalue weighted by atomic mass is 16.5. The second kappa shape index (κ2) is 6.15. The van der Waals surface area contributed by atoms with Crippen molar-refractivity contribution in [2.75, 3.05) is 19.0 Å². The van der Waals surface area contributed by atoms with Gasteiger partial charge in [-0.25, -0.2) is 0 Å². The Labute approximate surface area is 127 Å². The number of methoxy groups -OCH3 is 1. The second-order valence-electron chi connectivity index (χ2n) is 5.03. The van der Waals surface area contributed by atoms with Crippen LogP contribution in [0.2, 0.25) is 0 Å². The third-order valence-electron chi connectivity index (χ3n) is 3.45. The molecule has 2 aromatic rings. The Bertz CT molecular complexity index is 677. The minimum Gasteiger partial charge on any atom is -0.495 e. The molecule has 7 heteroatoms. The highest BCUT2D eigenvalue weighted by Crippen LogP contribution is 2.30. The fourth-order valence-corrected chi connectivity index (χ4v) is 2.35. The Kier molecular flexibility index (Phi) is 4.06. The van der Waals surface area contributed by atoms with Crippen LogP contribution in [0.15, 0.2) is 22.6 Å². The first-order chi connectivity index (χ1) is 10.7. The number of amides is 1. The maximum absolute atomic E-state index is 12.2. The van der Waals surface area contributed by atoms with E-state index in [9.17, 15) is 4.79 Å². The van der Waals surface area contributed by atoms with E-state index in [1.54, 1.807) is 32.2 Å². The van der Waals surface area contributed by atoms with Gasteiger partial charge in [-0.05, 0) is 31.0 Å². The van der Waals surface area contributed by atoms with Gasteiger partial charge in [-0.2, -0.15) is 0 Å². The molecule has 1 aliphatic heterocycles. The fraction of sp³-hybridized carbons (Fsp3) is 0.400. The predicted molar refractivity (Wildman–Crippen MR) is 78.6 cm³/mol. The lowest BCUT2D eigenvalue weighted by Crippen LogP contribution is -2.27. The molecule has 1 aliphatic rings. The molecule has 2 heterocycles. The monoisotopic (exact) mass is 303 g/mol. The average molecular weight is 303 g/mol. The zero-order valence-electron chi connectivity index (χ0n) is 12.5. The molecule has 1 atom stereocenters. The Hall–Kier alpha value is -2.41. The van der Waals surface area contributed by atoms with Gasteiger partial charge in [0.1, 0.15) is 11.9 Å². The summed E-state index contributed by atoms with van der Waals surface area (Å²) in [5.41, 5.74) is 1.26. The normalized spacial score (nSPS) is 17.5. The van der Waals surface area contributed by atoms with Crippen LogP contribution in [0.25, 0.3) is 11.5 Å². The van der Waals surface area contributed by atoms with Crippen molar-refractivity contribution in [3.05, 3.63) is 24.1 Å². The van der Waals surface area contributed by atoms with Crippen LogP contribution in [0.3, 0.4) is 0 Å². The lowest BCUT2D eigenvalue weighted by Gasteiger charge is -2.14. The van der Waals surface area contributed by atoms with Gasteiger partial charge < -0.3 is 19.2 Å². The first-order valence-electron chi connectivity index (χ1n) is 7.08. The molecule has 0 saturated carbocycles. The zero-order valence-corrected chi connectivity index (χ0v) is 12.5. The minimum absolute atomic E-state index is 0.172. The predicted octanol–water partition coefficient (Wildman–Crippen LogP) is 2.17. The summed E-state index contributed by atoms with van der Waals surface area (Å²) < 4.78 is 16.1. The van der Waals surface area contributed by atoms with Crippen LogP contribution in [-0.2, 0) is 9.53 Å². The molecular weight excluding hydrogens is 286 g/mol. The van der Waals surface area contributed by atoms with Crippen LogP contribution in [0, 0.1) is 6.92 Å². The van der Waals surface area contributed by atoms with E-state index in [0.29, 0.717) is 35.4 Å². The van der Waals surface area contributed by atoms with Crippen molar-refractivity contribution in [3.8, 4) is 17.2 Å². The van der Waals surface area contributed by atoms with Crippen molar-refractivity contribution in [3.63, 3.8) is 0 Å². The van der Waals surface area contributed by atoms with Crippen molar-refractivity contribution in [1.29, 1.82) is 0 Å². The number of aromatic nitrogens is 2. The minimum atomic E-state index is -0.404. The van der Waals surface area contributed by atoms with Crippen LogP contribution < -0.4 is 10.1 Å². The Morgan fingerprint density at radius 1 is 1.41 bits per heavy atom. The van der Waals surface area contributed by atoms with Gasteiger partial charge in [0.05, 0.1) is 12.8 Å². The molecule has 1 N–H and O–H groups in total. The van der Waals surface area contributed by atoms with Crippen molar-refractivity contribution < 1.29 is 18.7 Å². The molecule has 0 radical (unpaired) electrons. The van der Waals surface area contributed by atoms with Crippen molar-refractivity contribution >= 4 is 11.6 Å². The number of carbonyl (C=O) groups is 1. The number of anilines is 1. The lowest BCUT2D eigenvalue weighted by atomic mass is 10.1. The van der Waals surface area contributed by atoms with Crippen LogP contribution >= 0.6 is 0 Å². The molecular formula is C15H17N3O4. The van der Waals surface area contributed by atoms with Crippen LogP contribution in [0.1, 0.15) is 18.7 Å². The van der Waals surface area contributed by atoms with Gasteiger partial charge in [-0.3, -0.25) is 4.79 Å². The van der Waals surface area contributed by atoms with Gasteiger partial charge in [-0.1, -0.05) is 0 Å². The molecule has 7 nitrogen and oxygen atoms in total. The highest BCUT2D eigenvalue weighted by molar-refractivity contribution is 5.96. The van der Waals surface area contributed by atoms with Crippen LogP contribution in [-0.4, -0.2) is 35.9 Å². The molecule has 0 bridgehead atoms. The lowest BCUT2D eigenvalue weighted by molar-refractivity contribution is -0.124. The summed E-state index contributed by atoms with van der Waals surface area (Å²) in [6.07, 6.45) is 1.23. The van der Waals surface area contributed by atoms with E-state index in [4.69, 9.17) is 13.9 Å². The molecule has 116 valence electrons. The second-order valence-corrected chi connectivity index (χ2v) is 5.03. The number of carbonyl (C=O) groups excluding carboxylic acids is 1. The standard InChI is InChI=1S/C15H17N3O4/c1-9-17-18-15(22-9)10-5-6-12(20-2)11(8-10)16-14(19)13-4-3-7-21-13/h5-6,8,13H,3-4,7H2,1-2H3,(H,16,19). The Morgan fingerprint density at radius 2 is 2.27 bits per heavy atom. The first kappa shape index (κ1) is 14.5. The molecule has 1 aromatic heterocycles. The SMILES string of the molecule is COc1ccc(-c2nnc(C)o2)cc1NC(=O)C1CCCO1. The average Bonchev–Trinajstić information content (AvgIpc) is 3.18. The van der Waals surface area contributed by atoms with E-state index in [1.165, 1.54) is 0 Å². The molecule has 3 rings (SSSR count). The number of rotatable bonds is 4.